The molecule has 0 saturated heterocycles. The third kappa shape index (κ3) is 4.49. The van der Waals surface area contributed by atoms with Crippen LogP contribution in [0.5, 0.6) is 11.5 Å². The summed E-state index contributed by atoms with van der Waals surface area (Å²) in [5.74, 6) is 1.69. The second-order valence-corrected chi connectivity index (χ2v) is 6.11. The maximum absolute atomic E-state index is 6.13. The van der Waals surface area contributed by atoms with E-state index in [0.717, 1.165) is 23.6 Å². The quantitative estimate of drug-likeness (QED) is 0.791. The van der Waals surface area contributed by atoms with Gasteiger partial charge in [-0.05, 0) is 38.3 Å². The van der Waals surface area contributed by atoms with Gasteiger partial charge in [-0.3, -0.25) is 0 Å². The number of nitrogens with one attached hydrogen (secondary N) is 1. The van der Waals surface area contributed by atoms with Gasteiger partial charge in [-0.25, -0.2) is 0 Å². The van der Waals surface area contributed by atoms with Crippen LogP contribution in [-0.2, 0) is 13.2 Å². The maximum atomic E-state index is 6.13. The zero-order chi connectivity index (χ0) is 16.1. The van der Waals surface area contributed by atoms with Crippen molar-refractivity contribution in [2.24, 2.45) is 0 Å². The Kier molecular flexibility index (Phi) is 5.19. The molecule has 1 aliphatic rings. The van der Waals surface area contributed by atoms with E-state index in [1.807, 2.05) is 19.1 Å². The Hall–Kier alpha value is -2.00. The molecular formula is C20H25NO2. The number of hydrogen-bond acceptors (Lipinski definition) is 3. The van der Waals surface area contributed by atoms with E-state index in [9.17, 15) is 0 Å². The summed E-state index contributed by atoms with van der Waals surface area (Å²) in [5, 5.41) is 3.55. The molecule has 0 radical (unpaired) electrons. The highest BCUT2D eigenvalue weighted by Crippen LogP contribution is 2.33. The molecule has 1 saturated carbocycles. The standard InChI is InChI=1S/C20H25NO2/c1-3-22-19-6-4-5-17(13-21-18-11-12-18)20(19)23-14-16-9-7-15(2)8-10-16/h4-10,18,21H,3,11-14H2,1-2H3. The van der Waals surface area contributed by atoms with Crippen LogP contribution in [-0.4, -0.2) is 12.6 Å². The monoisotopic (exact) mass is 311 g/mol. The van der Waals surface area contributed by atoms with Gasteiger partial charge in [-0.2, -0.15) is 0 Å². The number of ether oxygens (including phenoxy) is 2. The second kappa shape index (κ2) is 7.51. The van der Waals surface area contributed by atoms with Crippen LogP contribution >= 0.6 is 0 Å². The largest absolute Gasteiger partial charge is 0.490 e. The van der Waals surface area contributed by atoms with Gasteiger partial charge in [0.2, 0.25) is 0 Å². The first-order chi connectivity index (χ1) is 11.3. The van der Waals surface area contributed by atoms with E-state index in [-0.39, 0.29) is 0 Å². The van der Waals surface area contributed by atoms with E-state index >= 15 is 0 Å². The summed E-state index contributed by atoms with van der Waals surface area (Å²) in [6.07, 6.45) is 2.56. The Bertz CT molecular complexity index is 633. The zero-order valence-corrected chi connectivity index (χ0v) is 14.0. The van der Waals surface area contributed by atoms with Gasteiger partial charge in [0.25, 0.3) is 0 Å². The smallest absolute Gasteiger partial charge is 0.166 e. The molecule has 23 heavy (non-hydrogen) atoms. The molecule has 122 valence electrons. The second-order valence-electron chi connectivity index (χ2n) is 6.11. The highest BCUT2D eigenvalue weighted by atomic mass is 16.5. The minimum atomic E-state index is 0.556. The predicted octanol–water partition coefficient (Wildman–Crippen LogP) is 4.22. The predicted molar refractivity (Wildman–Crippen MR) is 93.0 cm³/mol. The molecule has 3 nitrogen and oxygen atoms in total. The van der Waals surface area contributed by atoms with E-state index in [0.29, 0.717) is 19.3 Å². The Morgan fingerprint density at radius 1 is 1.04 bits per heavy atom. The molecule has 0 atom stereocenters. The van der Waals surface area contributed by atoms with Crippen molar-refractivity contribution in [3.8, 4) is 11.5 Å². The number of benzene rings is 2. The molecule has 0 heterocycles. The van der Waals surface area contributed by atoms with Crippen LogP contribution in [0.2, 0.25) is 0 Å². The molecular weight excluding hydrogens is 286 g/mol. The number of aryl methyl sites for hydroxylation is 1. The average molecular weight is 311 g/mol. The van der Waals surface area contributed by atoms with Gasteiger partial charge in [-0.15, -0.1) is 0 Å². The number of rotatable bonds is 8. The fourth-order valence-electron chi connectivity index (χ4n) is 2.52. The highest BCUT2D eigenvalue weighted by molar-refractivity contribution is 5.47. The van der Waals surface area contributed by atoms with Gasteiger partial charge in [0.1, 0.15) is 6.61 Å². The van der Waals surface area contributed by atoms with Gasteiger partial charge in [0.05, 0.1) is 6.61 Å². The summed E-state index contributed by atoms with van der Waals surface area (Å²) < 4.78 is 11.9. The van der Waals surface area contributed by atoms with Gasteiger partial charge in [0.15, 0.2) is 11.5 Å². The summed E-state index contributed by atoms with van der Waals surface area (Å²) in [6, 6.07) is 15.3. The summed E-state index contributed by atoms with van der Waals surface area (Å²) in [7, 11) is 0. The Balaban J connectivity index is 1.74. The molecule has 2 aromatic carbocycles. The lowest BCUT2D eigenvalue weighted by atomic mass is 10.1. The third-order valence-electron chi connectivity index (χ3n) is 4.02. The van der Waals surface area contributed by atoms with Crippen LogP contribution in [0.15, 0.2) is 42.5 Å². The molecule has 1 N–H and O–H groups in total. The van der Waals surface area contributed by atoms with Gasteiger partial charge >= 0.3 is 0 Å². The number of para-hydroxylation sites is 1. The van der Waals surface area contributed by atoms with Crippen LogP contribution in [0, 0.1) is 6.92 Å². The van der Waals surface area contributed by atoms with Crippen LogP contribution in [0.4, 0.5) is 0 Å². The van der Waals surface area contributed by atoms with E-state index in [1.54, 1.807) is 0 Å². The van der Waals surface area contributed by atoms with E-state index in [4.69, 9.17) is 9.47 Å². The van der Waals surface area contributed by atoms with Gasteiger partial charge < -0.3 is 14.8 Å². The van der Waals surface area contributed by atoms with Crippen LogP contribution in [0.3, 0.4) is 0 Å². The van der Waals surface area contributed by atoms with E-state index < -0.39 is 0 Å². The molecule has 3 heteroatoms. The van der Waals surface area contributed by atoms with Crippen LogP contribution in [0.25, 0.3) is 0 Å². The van der Waals surface area contributed by atoms with Crippen molar-refractivity contribution in [3.63, 3.8) is 0 Å². The lowest BCUT2D eigenvalue weighted by Crippen LogP contribution is -2.16. The summed E-state index contributed by atoms with van der Waals surface area (Å²) in [6.45, 7) is 6.12. The van der Waals surface area contributed by atoms with Crippen molar-refractivity contribution in [1.29, 1.82) is 0 Å². The molecule has 1 fully saturated rings. The average Bonchev–Trinajstić information content (AvgIpc) is 3.38. The molecule has 0 unspecified atom stereocenters. The third-order valence-corrected chi connectivity index (χ3v) is 4.02. The van der Waals surface area contributed by atoms with Crippen molar-refractivity contribution in [3.05, 3.63) is 59.2 Å². The Morgan fingerprint density at radius 3 is 2.52 bits per heavy atom. The molecule has 0 amide bonds. The van der Waals surface area contributed by atoms with E-state index in [1.165, 1.54) is 24.0 Å². The number of hydrogen-bond donors (Lipinski definition) is 1. The first kappa shape index (κ1) is 15.9. The van der Waals surface area contributed by atoms with Crippen molar-refractivity contribution >= 4 is 0 Å². The molecule has 3 rings (SSSR count). The Labute approximate surface area is 138 Å². The van der Waals surface area contributed by atoms with Crippen molar-refractivity contribution in [1.82, 2.24) is 5.32 Å². The first-order valence-corrected chi connectivity index (χ1v) is 8.42. The fraction of sp³-hybridized carbons (Fsp3) is 0.400. The molecule has 0 aromatic heterocycles. The lowest BCUT2D eigenvalue weighted by Gasteiger charge is -2.16. The fourth-order valence-corrected chi connectivity index (χ4v) is 2.52. The molecule has 0 spiro atoms. The highest BCUT2D eigenvalue weighted by Gasteiger charge is 2.21. The topological polar surface area (TPSA) is 30.5 Å². The molecule has 0 aliphatic heterocycles. The molecule has 2 aromatic rings. The van der Waals surface area contributed by atoms with Gasteiger partial charge in [-0.1, -0.05) is 42.0 Å². The maximum Gasteiger partial charge on any atom is 0.166 e. The van der Waals surface area contributed by atoms with Crippen LogP contribution in [0.1, 0.15) is 36.5 Å². The molecule has 0 bridgehead atoms. The van der Waals surface area contributed by atoms with Crippen molar-refractivity contribution < 1.29 is 9.47 Å². The normalized spacial score (nSPS) is 13.8. The molecule has 1 aliphatic carbocycles. The summed E-state index contributed by atoms with van der Waals surface area (Å²) in [5.41, 5.74) is 3.59. The Morgan fingerprint density at radius 2 is 1.83 bits per heavy atom. The zero-order valence-electron chi connectivity index (χ0n) is 14.0. The van der Waals surface area contributed by atoms with Crippen molar-refractivity contribution in [2.45, 2.75) is 45.9 Å². The SMILES string of the molecule is CCOc1cccc(CNC2CC2)c1OCc1ccc(C)cc1. The minimum Gasteiger partial charge on any atom is -0.490 e. The summed E-state index contributed by atoms with van der Waals surface area (Å²) in [4.78, 5) is 0. The summed E-state index contributed by atoms with van der Waals surface area (Å²) >= 11 is 0. The first-order valence-electron chi connectivity index (χ1n) is 8.42. The van der Waals surface area contributed by atoms with Crippen LogP contribution < -0.4 is 14.8 Å². The van der Waals surface area contributed by atoms with Crippen molar-refractivity contribution in [2.75, 3.05) is 6.61 Å². The minimum absolute atomic E-state index is 0.556. The van der Waals surface area contributed by atoms with E-state index in [2.05, 4.69) is 42.6 Å². The van der Waals surface area contributed by atoms with Gasteiger partial charge in [0, 0.05) is 18.2 Å². The lowest BCUT2D eigenvalue weighted by molar-refractivity contribution is 0.266.